The fourth-order valence-corrected chi connectivity index (χ4v) is 4.46. The monoisotopic (exact) mass is 297 g/mol. The number of aryl methyl sites for hydroxylation is 1. The lowest BCUT2D eigenvalue weighted by molar-refractivity contribution is 0.286. The van der Waals surface area contributed by atoms with Crippen molar-refractivity contribution in [2.75, 3.05) is 6.54 Å². The number of piperidine rings is 1. The summed E-state index contributed by atoms with van der Waals surface area (Å²) in [4.78, 5) is 0. The number of fused-ring (bicyclic) bond motifs is 3. The van der Waals surface area contributed by atoms with Gasteiger partial charge in [0.25, 0.3) is 0 Å². The molecular weight excluding hydrogens is 278 g/mol. The minimum Gasteiger partial charge on any atom is -0.310 e. The Kier molecular flexibility index (Phi) is 3.28. The predicted octanol–water partition coefficient (Wildman–Crippen LogP) is 4.83. The number of hydrogen-bond acceptors (Lipinski definition) is 1. The summed E-state index contributed by atoms with van der Waals surface area (Å²) in [7, 11) is 0. The molecule has 1 N–H and O–H groups in total. The van der Waals surface area contributed by atoms with E-state index in [-0.39, 0.29) is 0 Å². The second-order valence-corrected chi connectivity index (χ2v) is 6.78. The molecule has 1 aliphatic carbocycles. The molecule has 108 valence electrons. The Balaban J connectivity index is 1.89. The van der Waals surface area contributed by atoms with Gasteiger partial charge in [-0.3, -0.25) is 0 Å². The zero-order chi connectivity index (χ0) is 14.4. The van der Waals surface area contributed by atoms with Gasteiger partial charge < -0.3 is 5.32 Å². The van der Waals surface area contributed by atoms with Crippen LogP contribution < -0.4 is 5.32 Å². The van der Waals surface area contributed by atoms with Crippen molar-refractivity contribution in [3.8, 4) is 0 Å². The topological polar surface area (TPSA) is 12.0 Å². The first-order chi connectivity index (χ1) is 10.3. The minimum atomic E-state index is 0.469. The number of rotatable bonds is 1. The number of halogens is 1. The molecule has 21 heavy (non-hydrogen) atoms. The third-order valence-corrected chi connectivity index (χ3v) is 5.41. The molecule has 2 aromatic carbocycles. The summed E-state index contributed by atoms with van der Waals surface area (Å²) in [5, 5.41) is 4.58. The Labute approximate surface area is 131 Å². The van der Waals surface area contributed by atoms with Crippen LogP contribution in [0.15, 0.2) is 42.5 Å². The van der Waals surface area contributed by atoms with Gasteiger partial charge in [-0.25, -0.2) is 0 Å². The highest BCUT2D eigenvalue weighted by atomic mass is 35.5. The van der Waals surface area contributed by atoms with E-state index >= 15 is 0 Å². The molecule has 3 atom stereocenters. The summed E-state index contributed by atoms with van der Waals surface area (Å²) in [6.07, 6.45) is 2.56. The van der Waals surface area contributed by atoms with Gasteiger partial charge in [-0.05, 0) is 66.6 Å². The summed E-state index contributed by atoms with van der Waals surface area (Å²) < 4.78 is 0. The lowest BCUT2D eigenvalue weighted by Gasteiger charge is -2.31. The van der Waals surface area contributed by atoms with Crippen LogP contribution in [0.3, 0.4) is 0 Å². The average Bonchev–Trinajstić information content (AvgIpc) is 2.82. The first-order valence-corrected chi connectivity index (χ1v) is 8.22. The molecule has 1 fully saturated rings. The highest BCUT2D eigenvalue weighted by Gasteiger charge is 2.42. The van der Waals surface area contributed by atoms with Crippen molar-refractivity contribution in [3.05, 3.63) is 69.7 Å². The van der Waals surface area contributed by atoms with Gasteiger partial charge in [0.2, 0.25) is 0 Å². The van der Waals surface area contributed by atoms with Gasteiger partial charge in [0.1, 0.15) is 0 Å². The summed E-state index contributed by atoms with van der Waals surface area (Å²) >= 11 is 6.25. The van der Waals surface area contributed by atoms with E-state index < -0.39 is 0 Å². The number of benzene rings is 2. The van der Waals surface area contributed by atoms with E-state index in [9.17, 15) is 0 Å². The van der Waals surface area contributed by atoms with Crippen molar-refractivity contribution in [2.45, 2.75) is 31.7 Å². The maximum Gasteiger partial charge on any atom is 0.0409 e. The van der Waals surface area contributed by atoms with E-state index in [1.54, 1.807) is 0 Å². The van der Waals surface area contributed by atoms with E-state index in [2.05, 4.69) is 48.6 Å². The Morgan fingerprint density at radius 1 is 1.05 bits per heavy atom. The van der Waals surface area contributed by atoms with Crippen molar-refractivity contribution >= 4 is 11.6 Å². The molecule has 0 amide bonds. The molecule has 0 aromatic heterocycles. The van der Waals surface area contributed by atoms with Gasteiger partial charge >= 0.3 is 0 Å². The molecule has 3 unspecified atom stereocenters. The maximum absolute atomic E-state index is 6.25. The molecule has 0 bridgehead atoms. The van der Waals surface area contributed by atoms with Crippen LogP contribution in [0.2, 0.25) is 5.02 Å². The fraction of sp³-hybridized carbons (Fsp3) is 0.368. The second kappa shape index (κ2) is 5.15. The summed E-state index contributed by atoms with van der Waals surface area (Å²) in [5.41, 5.74) is 5.77. The maximum atomic E-state index is 6.25. The van der Waals surface area contributed by atoms with Gasteiger partial charge in [-0.15, -0.1) is 0 Å². The first-order valence-electron chi connectivity index (χ1n) is 7.84. The predicted molar refractivity (Wildman–Crippen MR) is 87.9 cm³/mol. The third kappa shape index (κ3) is 2.11. The van der Waals surface area contributed by atoms with Crippen LogP contribution in [0.25, 0.3) is 0 Å². The van der Waals surface area contributed by atoms with E-state index in [1.165, 1.54) is 35.1 Å². The Bertz CT molecular complexity index is 679. The lowest BCUT2D eigenvalue weighted by Crippen LogP contribution is -2.33. The Morgan fingerprint density at radius 3 is 2.76 bits per heavy atom. The van der Waals surface area contributed by atoms with Crippen LogP contribution >= 0.6 is 11.6 Å². The first kappa shape index (κ1) is 13.4. The van der Waals surface area contributed by atoms with Crippen LogP contribution in [0.4, 0.5) is 0 Å². The van der Waals surface area contributed by atoms with Crippen molar-refractivity contribution in [1.82, 2.24) is 5.32 Å². The smallest absolute Gasteiger partial charge is 0.0409 e. The zero-order valence-electron chi connectivity index (χ0n) is 12.3. The second-order valence-electron chi connectivity index (χ2n) is 6.35. The molecule has 0 spiro atoms. The molecule has 1 saturated heterocycles. The molecule has 1 heterocycles. The zero-order valence-corrected chi connectivity index (χ0v) is 13.0. The van der Waals surface area contributed by atoms with Crippen LogP contribution in [-0.4, -0.2) is 6.54 Å². The van der Waals surface area contributed by atoms with Crippen molar-refractivity contribution in [1.29, 1.82) is 0 Å². The summed E-state index contributed by atoms with van der Waals surface area (Å²) in [5.74, 6) is 1.17. The van der Waals surface area contributed by atoms with Crippen molar-refractivity contribution in [3.63, 3.8) is 0 Å². The van der Waals surface area contributed by atoms with Crippen molar-refractivity contribution < 1.29 is 0 Å². The molecule has 1 nitrogen and oxygen atoms in total. The van der Waals surface area contributed by atoms with Gasteiger partial charge in [-0.1, -0.05) is 41.9 Å². The van der Waals surface area contributed by atoms with E-state index in [4.69, 9.17) is 11.6 Å². The third-order valence-electron chi connectivity index (χ3n) is 5.18. The van der Waals surface area contributed by atoms with Crippen LogP contribution in [-0.2, 0) is 0 Å². The number of nitrogens with one attached hydrogen (secondary N) is 1. The molecule has 0 saturated carbocycles. The molecule has 2 aliphatic rings. The normalized spacial score (nSPS) is 27.2. The highest BCUT2D eigenvalue weighted by molar-refractivity contribution is 6.30. The molecule has 0 radical (unpaired) electrons. The molecule has 1 aliphatic heterocycles. The fourth-order valence-electron chi connectivity index (χ4n) is 4.28. The van der Waals surface area contributed by atoms with E-state index in [0.717, 1.165) is 11.6 Å². The van der Waals surface area contributed by atoms with Crippen LogP contribution in [0.5, 0.6) is 0 Å². The largest absolute Gasteiger partial charge is 0.310 e. The van der Waals surface area contributed by atoms with Crippen LogP contribution in [0.1, 0.15) is 47.1 Å². The lowest BCUT2D eigenvalue weighted by atomic mass is 9.79. The van der Waals surface area contributed by atoms with Crippen molar-refractivity contribution in [2.24, 2.45) is 5.92 Å². The SMILES string of the molecule is Cc1ccccc1C1c2ccc(Cl)cc2C2NCCCC21. The van der Waals surface area contributed by atoms with Gasteiger partial charge in [-0.2, -0.15) is 0 Å². The van der Waals surface area contributed by atoms with E-state index in [1.807, 2.05) is 6.07 Å². The van der Waals surface area contributed by atoms with E-state index in [0.29, 0.717) is 17.9 Å². The summed E-state index contributed by atoms with van der Waals surface area (Å²) in [6.45, 7) is 3.35. The Morgan fingerprint density at radius 2 is 1.90 bits per heavy atom. The molecule has 2 aromatic rings. The molecular formula is C19H20ClN. The highest BCUT2D eigenvalue weighted by Crippen LogP contribution is 2.52. The standard InChI is InChI=1S/C19H20ClN/c1-12-5-2-3-6-14(12)18-15-9-8-13(20)11-17(15)19-16(18)7-4-10-21-19/h2-3,5-6,8-9,11,16,18-19,21H,4,7,10H2,1H3. The molecule has 4 rings (SSSR count). The average molecular weight is 298 g/mol. The van der Waals surface area contributed by atoms with Gasteiger partial charge in [0.15, 0.2) is 0 Å². The van der Waals surface area contributed by atoms with Gasteiger partial charge in [0.05, 0.1) is 0 Å². The Hall–Kier alpha value is -1.31. The number of hydrogen-bond donors (Lipinski definition) is 1. The van der Waals surface area contributed by atoms with Crippen LogP contribution in [0, 0.1) is 12.8 Å². The minimum absolute atomic E-state index is 0.469. The molecule has 2 heteroatoms. The quantitative estimate of drug-likeness (QED) is 0.794. The summed E-state index contributed by atoms with van der Waals surface area (Å²) in [6, 6.07) is 15.8. The van der Waals surface area contributed by atoms with Gasteiger partial charge in [0, 0.05) is 17.0 Å².